The molecule has 0 fully saturated rings. The Kier molecular flexibility index (Phi) is 2.38. The van der Waals surface area contributed by atoms with E-state index in [2.05, 4.69) is 0 Å². The number of ketones is 1. The van der Waals surface area contributed by atoms with Gasteiger partial charge in [0, 0.05) is 5.56 Å². The van der Waals surface area contributed by atoms with E-state index in [1.807, 2.05) is 45.1 Å². The lowest BCUT2D eigenvalue weighted by molar-refractivity contribution is 0.1000. The Morgan fingerprint density at radius 2 is 2.00 bits per heavy atom. The van der Waals surface area contributed by atoms with Gasteiger partial charge in [0.15, 0.2) is 5.78 Å². The van der Waals surface area contributed by atoms with Crippen molar-refractivity contribution in [3.05, 3.63) is 34.9 Å². The lowest BCUT2D eigenvalue weighted by Gasteiger charge is -2.29. The van der Waals surface area contributed by atoms with E-state index in [9.17, 15) is 4.79 Å². The van der Waals surface area contributed by atoms with Crippen molar-refractivity contribution >= 4 is 11.9 Å². The summed E-state index contributed by atoms with van der Waals surface area (Å²) in [6.45, 7) is 7.56. The predicted molar refractivity (Wildman–Crippen MR) is 64.9 cm³/mol. The molecule has 16 heavy (non-hydrogen) atoms. The van der Waals surface area contributed by atoms with Crippen molar-refractivity contribution in [3.8, 4) is 5.75 Å². The predicted octanol–water partition coefficient (Wildman–Crippen LogP) is 3.38. The molecule has 0 atom stereocenters. The Balaban J connectivity index is 2.65. The van der Waals surface area contributed by atoms with Gasteiger partial charge in [-0.3, -0.25) is 4.79 Å². The molecule has 1 aliphatic heterocycles. The second-order valence-electron chi connectivity index (χ2n) is 4.77. The van der Waals surface area contributed by atoms with E-state index in [0.717, 1.165) is 16.9 Å². The van der Waals surface area contributed by atoms with Gasteiger partial charge in [0.25, 0.3) is 0 Å². The number of hydrogen-bond donors (Lipinski definition) is 0. The van der Waals surface area contributed by atoms with Gasteiger partial charge in [-0.15, -0.1) is 0 Å². The van der Waals surface area contributed by atoms with Gasteiger partial charge in [-0.25, -0.2) is 0 Å². The minimum Gasteiger partial charge on any atom is -0.482 e. The quantitative estimate of drug-likeness (QED) is 0.673. The maximum atomic E-state index is 11.5. The maximum Gasteiger partial charge on any atom is 0.163 e. The molecule has 2 heteroatoms. The van der Waals surface area contributed by atoms with Crippen molar-refractivity contribution in [2.24, 2.45) is 0 Å². The first-order valence-electron chi connectivity index (χ1n) is 5.43. The zero-order valence-electron chi connectivity index (χ0n) is 10.1. The summed E-state index contributed by atoms with van der Waals surface area (Å²) in [6.07, 6.45) is 4.06. The number of benzene rings is 1. The van der Waals surface area contributed by atoms with E-state index in [0.29, 0.717) is 5.56 Å². The fourth-order valence-corrected chi connectivity index (χ4v) is 1.87. The Hall–Kier alpha value is -1.57. The number of Topliss-reactive ketones (excluding diaryl/α,β-unsaturated/α-hetero) is 1. The third-order valence-corrected chi connectivity index (χ3v) is 2.81. The molecule has 0 spiro atoms. The molecule has 0 saturated heterocycles. The van der Waals surface area contributed by atoms with Gasteiger partial charge in [0.1, 0.15) is 11.4 Å². The Bertz CT molecular complexity index is 482. The van der Waals surface area contributed by atoms with Crippen LogP contribution < -0.4 is 4.74 Å². The summed E-state index contributed by atoms with van der Waals surface area (Å²) in [5.74, 6) is 0.766. The molecule has 2 nitrogen and oxygen atoms in total. The van der Waals surface area contributed by atoms with Gasteiger partial charge in [-0.05, 0) is 45.4 Å². The van der Waals surface area contributed by atoms with Crippen LogP contribution in [0.2, 0.25) is 0 Å². The van der Waals surface area contributed by atoms with Crippen LogP contribution in [0.5, 0.6) is 5.75 Å². The number of hydrogen-bond acceptors (Lipinski definition) is 2. The summed E-state index contributed by atoms with van der Waals surface area (Å²) >= 11 is 0. The van der Waals surface area contributed by atoms with Crippen LogP contribution in [-0.4, -0.2) is 11.4 Å². The molecule has 1 aliphatic rings. The Morgan fingerprint density at radius 1 is 1.31 bits per heavy atom. The highest BCUT2D eigenvalue weighted by Crippen LogP contribution is 2.36. The van der Waals surface area contributed by atoms with E-state index in [1.54, 1.807) is 6.92 Å². The summed E-state index contributed by atoms with van der Waals surface area (Å²) < 4.78 is 5.88. The van der Waals surface area contributed by atoms with Crippen LogP contribution in [0.3, 0.4) is 0 Å². The minimum atomic E-state index is -0.342. The molecule has 1 aromatic carbocycles. The molecule has 0 radical (unpaired) electrons. The number of aryl methyl sites for hydroxylation is 1. The van der Waals surface area contributed by atoms with Crippen molar-refractivity contribution in [2.45, 2.75) is 33.3 Å². The summed E-state index contributed by atoms with van der Waals surface area (Å²) in [5.41, 5.74) is 2.47. The number of fused-ring (bicyclic) bond motifs is 1. The van der Waals surface area contributed by atoms with Gasteiger partial charge < -0.3 is 4.74 Å². The fraction of sp³-hybridized carbons (Fsp3) is 0.357. The topological polar surface area (TPSA) is 26.3 Å². The summed E-state index contributed by atoms with van der Waals surface area (Å²) in [6, 6.07) is 3.80. The van der Waals surface area contributed by atoms with Gasteiger partial charge >= 0.3 is 0 Å². The highest BCUT2D eigenvalue weighted by atomic mass is 16.5. The molecule has 0 saturated carbocycles. The lowest BCUT2D eigenvalue weighted by Crippen LogP contribution is -2.28. The molecule has 1 heterocycles. The summed E-state index contributed by atoms with van der Waals surface area (Å²) in [4.78, 5) is 11.5. The lowest BCUT2D eigenvalue weighted by atomic mass is 9.95. The van der Waals surface area contributed by atoms with Crippen molar-refractivity contribution in [3.63, 3.8) is 0 Å². The second-order valence-corrected chi connectivity index (χ2v) is 4.77. The minimum absolute atomic E-state index is 0.0438. The largest absolute Gasteiger partial charge is 0.482 e. The summed E-state index contributed by atoms with van der Waals surface area (Å²) in [7, 11) is 0. The molecule has 0 aliphatic carbocycles. The average Bonchev–Trinajstić information content (AvgIpc) is 2.15. The van der Waals surface area contributed by atoms with Gasteiger partial charge in [-0.1, -0.05) is 12.1 Å². The van der Waals surface area contributed by atoms with Crippen LogP contribution in [0.4, 0.5) is 0 Å². The molecule has 1 aromatic rings. The van der Waals surface area contributed by atoms with Gasteiger partial charge in [-0.2, -0.15) is 0 Å². The van der Waals surface area contributed by atoms with E-state index in [4.69, 9.17) is 4.74 Å². The molecular formula is C14H16O2. The third kappa shape index (κ3) is 1.75. The van der Waals surface area contributed by atoms with E-state index >= 15 is 0 Å². The molecule has 0 aromatic heterocycles. The molecule has 0 amide bonds. The highest BCUT2D eigenvalue weighted by Gasteiger charge is 2.25. The fourth-order valence-electron chi connectivity index (χ4n) is 1.87. The molecule has 2 rings (SSSR count). The third-order valence-electron chi connectivity index (χ3n) is 2.81. The number of carbonyl (C=O) groups excluding carboxylic acids is 1. The maximum absolute atomic E-state index is 11.5. The number of rotatable bonds is 1. The van der Waals surface area contributed by atoms with Gasteiger partial charge in [0.05, 0.1) is 5.56 Å². The second kappa shape index (κ2) is 3.48. The first-order valence-corrected chi connectivity index (χ1v) is 5.43. The molecule has 0 bridgehead atoms. The normalized spacial score (nSPS) is 16.5. The molecule has 0 unspecified atom stereocenters. The standard InChI is InChI=1S/C14H16O2/c1-9-5-6-12(10(2)15)13-11(9)7-8-14(3,4)16-13/h5-8H,1-4H3. The van der Waals surface area contributed by atoms with Gasteiger partial charge in [0.2, 0.25) is 0 Å². The summed E-state index contributed by atoms with van der Waals surface area (Å²) in [5, 5.41) is 0. The van der Waals surface area contributed by atoms with Crippen LogP contribution >= 0.6 is 0 Å². The van der Waals surface area contributed by atoms with Crippen molar-refractivity contribution in [1.82, 2.24) is 0 Å². The van der Waals surface area contributed by atoms with Crippen LogP contribution in [0.25, 0.3) is 6.08 Å². The van der Waals surface area contributed by atoms with Crippen LogP contribution in [0, 0.1) is 6.92 Å². The van der Waals surface area contributed by atoms with Crippen molar-refractivity contribution < 1.29 is 9.53 Å². The number of carbonyl (C=O) groups is 1. The van der Waals surface area contributed by atoms with E-state index < -0.39 is 0 Å². The molecular weight excluding hydrogens is 200 g/mol. The number of ether oxygens (including phenoxy) is 1. The zero-order valence-corrected chi connectivity index (χ0v) is 10.1. The molecule has 84 valence electrons. The van der Waals surface area contributed by atoms with E-state index in [1.165, 1.54) is 0 Å². The first kappa shape index (κ1) is 10.9. The first-order chi connectivity index (χ1) is 7.41. The molecule has 0 N–H and O–H groups in total. The average molecular weight is 216 g/mol. The highest BCUT2D eigenvalue weighted by molar-refractivity contribution is 5.98. The Morgan fingerprint density at radius 3 is 2.62 bits per heavy atom. The van der Waals surface area contributed by atoms with Crippen LogP contribution in [0.15, 0.2) is 18.2 Å². The van der Waals surface area contributed by atoms with E-state index in [-0.39, 0.29) is 11.4 Å². The Labute approximate surface area is 95.9 Å². The van der Waals surface area contributed by atoms with Crippen molar-refractivity contribution in [1.29, 1.82) is 0 Å². The van der Waals surface area contributed by atoms with Crippen LogP contribution in [-0.2, 0) is 0 Å². The monoisotopic (exact) mass is 216 g/mol. The smallest absolute Gasteiger partial charge is 0.163 e. The SMILES string of the molecule is CC(=O)c1ccc(C)c2c1OC(C)(C)C=C2. The zero-order chi connectivity index (χ0) is 11.9. The van der Waals surface area contributed by atoms with Crippen LogP contribution in [0.1, 0.15) is 42.3 Å². The van der Waals surface area contributed by atoms with Crippen molar-refractivity contribution in [2.75, 3.05) is 0 Å².